The molecule has 0 N–H and O–H groups in total. The second-order valence-electron chi connectivity index (χ2n) is 4.58. The molecule has 0 spiro atoms. The van der Waals surface area contributed by atoms with Crippen molar-refractivity contribution < 1.29 is 9.53 Å². The number of methoxy groups -OCH3 is 1. The lowest BCUT2D eigenvalue weighted by atomic mass is 10.1. The Hall–Kier alpha value is -1.22. The Kier molecular flexibility index (Phi) is 4.48. The van der Waals surface area contributed by atoms with E-state index in [4.69, 9.17) is 16.3 Å². The van der Waals surface area contributed by atoms with Crippen molar-refractivity contribution in [3.8, 4) is 5.75 Å². The highest BCUT2D eigenvalue weighted by Crippen LogP contribution is 2.18. The third-order valence-corrected chi connectivity index (χ3v) is 3.70. The smallest absolute Gasteiger partial charge is 0.226 e. The molecule has 2 rings (SSSR count). The van der Waals surface area contributed by atoms with Crippen LogP contribution in [-0.2, 0) is 11.2 Å². The minimum Gasteiger partial charge on any atom is -0.497 e. The molecule has 4 heteroatoms. The lowest BCUT2D eigenvalue weighted by Crippen LogP contribution is -2.39. The third kappa shape index (κ3) is 3.39. The average Bonchev–Trinajstić information content (AvgIpc) is 2.39. The number of halogens is 1. The van der Waals surface area contributed by atoms with Crippen molar-refractivity contribution >= 4 is 17.5 Å². The predicted molar refractivity (Wildman–Crippen MR) is 72.2 cm³/mol. The van der Waals surface area contributed by atoms with Crippen LogP contribution in [0.4, 0.5) is 0 Å². The van der Waals surface area contributed by atoms with Crippen molar-refractivity contribution in [2.24, 2.45) is 0 Å². The van der Waals surface area contributed by atoms with Crippen LogP contribution in [0, 0.1) is 0 Å². The number of carbonyl (C=O) groups excluding carboxylic acids is 1. The van der Waals surface area contributed by atoms with E-state index in [9.17, 15) is 4.79 Å². The number of hydrogen-bond acceptors (Lipinski definition) is 2. The average molecular weight is 268 g/mol. The summed E-state index contributed by atoms with van der Waals surface area (Å²) in [6.45, 7) is 1.55. The molecule has 0 bridgehead atoms. The molecule has 1 fully saturated rings. The number of ether oxygens (including phenoxy) is 1. The van der Waals surface area contributed by atoms with Gasteiger partial charge in [0, 0.05) is 18.5 Å². The summed E-state index contributed by atoms with van der Waals surface area (Å²) >= 11 is 6.03. The van der Waals surface area contributed by atoms with Gasteiger partial charge in [-0.15, -0.1) is 11.6 Å². The van der Waals surface area contributed by atoms with Gasteiger partial charge in [0.1, 0.15) is 5.75 Å². The van der Waals surface area contributed by atoms with Gasteiger partial charge >= 0.3 is 0 Å². The van der Waals surface area contributed by atoms with Crippen LogP contribution in [0.1, 0.15) is 18.4 Å². The molecule has 1 aliphatic heterocycles. The maximum atomic E-state index is 12.1. The van der Waals surface area contributed by atoms with Crippen molar-refractivity contribution in [3.63, 3.8) is 0 Å². The maximum Gasteiger partial charge on any atom is 0.226 e. The highest BCUT2D eigenvalue weighted by Gasteiger charge is 2.21. The monoisotopic (exact) mass is 267 g/mol. The van der Waals surface area contributed by atoms with Gasteiger partial charge < -0.3 is 9.64 Å². The van der Waals surface area contributed by atoms with Gasteiger partial charge in [-0.1, -0.05) is 12.1 Å². The fourth-order valence-corrected chi connectivity index (χ4v) is 2.36. The molecule has 1 aliphatic rings. The number of nitrogens with zero attached hydrogens (tertiary/aromatic N) is 1. The van der Waals surface area contributed by atoms with E-state index in [0.717, 1.165) is 37.2 Å². The van der Waals surface area contributed by atoms with Crippen LogP contribution < -0.4 is 4.74 Å². The van der Waals surface area contributed by atoms with Crippen LogP contribution in [0.5, 0.6) is 5.75 Å². The standard InChI is InChI=1S/C14H18ClNO2/c1-18-13-4-2-3-11(9-13)10-14(17)16-7-5-12(15)6-8-16/h2-4,9,12H,5-8,10H2,1H3. The number of benzene rings is 1. The van der Waals surface area contributed by atoms with Crippen molar-refractivity contribution in [1.29, 1.82) is 0 Å². The van der Waals surface area contributed by atoms with Gasteiger partial charge in [-0.25, -0.2) is 0 Å². The van der Waals surface area contributed by atoms with E-state index in [1.54, 1.807) is 7.11 Å². The van der Waals surface area contributed by atoms with Gasteiger partial charge in [0.2, 0.25) is 5.91 Å². The summed E-state index contributed by atoms with van der Waals surface area (Å²) < 4.78 is 5.15. The molecule has 3 nitrogen and oxygen atoms in total. The molecule has 0 atom stereocenters. The minimum atomic E-state index is 0.173. The molecule has 98 valence electrons. The maximum absolute atomic E-state index is 12.1. The van der Waals surface area contributed by atoms with Crippen LogP contribution in [0.25, 0.3) is 0 Å². The summed E-state index contributed by atoms with van der Waals surface area (Å²) in [6.07, 6.45) is 2.22. The summed E-state index contributed by atoms with van der Waals surface area (Å²) in [5, 5.41) is 0.228. The van der Waals surface area contributed by atoms with Crippen molar-refractivity contribution in [2.45, 2.75) is 24.6 Å². The number of carbonyl (C=O) groups is 1. The third-order valence-electron chi connectivity index (χ3n) is 3.27. The molecule has 1 heterocycles. The molecule has 1 saturated heterocycles. The van der Waals surface area contributed by atoms with E-state index >= 15 is 0 Å². The zero-order valence-corrected chi connectivity index (χ0v) is 11.3. The van der Waals surface area contributed by atoms with E-state index in [0.29, 0.717) is 6.42 Å². The Morgan fingerprint density at radius 1 is 1.44 bits per heavy atom. The zero-order chi connectivity index (χ0) is 13.0. The Morgan fingerprint density at radius 3 is 2.83 bits per heavy atom. The molecule has 0 saturated carbocycles. The first-order chi connectivity index (χ1) is 8.69. The molecule has 0 radical (unpaired) electrons. The lowest BCUT2D eigenvalue weighted by Gasteiger charge is -2.29. The van der Waals surface area contributed by atoms with Gasteiger partial charge in [0.05, 0.1) is 13.5 Å². The minimum absolute atomic E-state index is 0.173. The first-order valence-corrected chi connectivity index (χ1v) is 6.67. The van der Waals surface area contributed by atoms with Crippen LogP contribution >= 0.6 is 11.6 Å². The van der Waals surface area contributed by atoms with Crippen LogP contribution in [0.15, 0.2) is 24.3 Å². The first kappa shape index (κ1) is 13.2. The molecular formula is C14H18ClNO2. The van der Waals surface area contributed by atoms with Crippen molar-refractivity contribution in [1.82, 2.24) is 4.90 Å². The Balaban J connectivity index is 1.94. The van der Waals surface area contributed by atoms with Crippen LogP contribution in [0.3, 0.4) is 0 Å². The lowest BCUT2D eigenvalue weighted by molar-refractivity contribution is -0.131. The number of piperidine rings is 1. The molecule has 1 amide bonds. The molecule has 0 aliphatic carbocycles. The SMILES string of the molecule is COc1cccc(CC(=O)N2CCC(Cl)CC2)c1. The summed E-state index contributed by atoms with van der Waals surface area (Å²) in [4.78, 5) is 14.0. The highest BCUT2D eigenvalue weighted by molar-refractivity contribution is 6.20. The van der Waals surface area contributed by atoms with E-state index in [-0.39, 0.29) is 11.3 Å². The quantitative estimate of drug-likeness (QED) is 0.788. The predicted octanol–water partition coefficient (Wildman–Crippen LogP) is 2.47. The summed E-state index contributed by atoms with van der Waals surface area (Å²) in [5.41, 5.74) is 0.993. The fraction of sp³-hybridized carbons (Fsp3) is 0.500. The summed E-state index contributed by atoms with van der Waals surface area (Å²) in [5.74, 6) is 0.964. The van der Waals surface area contributed by atoms with Gasteiger partial charge in [-0.3, -0.25) is 4.79 Å². The normalized spacial score (nSPS) is 16.7. The van der Waals surface area contributed by atoms with E-state index in [2.05, 4.69) is 0 Å². The van der Waals surface area contributed by atoms with E-state index in [1.165, 1.54) is 0 Å². The van der Waals surface area contributed by atoms with Gasteiger partial charge in [-0.2, -0.15) is 0 Å². The number of alkyl halides is 1. The topological polar surface area (TPSA) is 29.5 Å². The molecule has 0 aromatic heterocycles. The van der Waals surface area contributed by atoms with Gasteiger partial charge in [0.15, 0.2) is 0 Å². The Bertz CT molecular complexity index is 414. The van der Waals surface area contributed by atoms with Crippen molar-refractivity contribution in [3.05, 3.63) is 29.8 Å². The van der Waals surface area contributed by atoms with E-state index < -0.39 is 0 Å². The summed E-state index contributed by atoms with van der Waals surface area (Å²) in [6, 6.07) is 7.65. The largest absolute Gasteiger partial charge is 0.497 e. The fourth-order valence-electron chi connectivity index (χ4n) is 2.17. The Labute approximate surface area is 113 Å². The zero-order valence-electron chi connectivity index (χ0n) is 10.6. The molecule has 0 unspecified atom stereocenters. The van der Waals surface area contributed by atoms with Gasteiger partial charge in [0.25, 0.3) is 0 Å². The Morgan fingerprint density at radius 2 is 2.17 bits per heavy atom. The second kappa shape index (κ2) is 6.10. The summed E-state index contributed by atoms with van der Waals surface area (Å²) in [7, 11) is 1.63. The highest BCUT2D eigenvalue weighted by atomic mass is 35.5. The van der Waals surface area contributed by atoms with Crippen LogP contribution in [0.2, 0.25) is 0 Å². The van der Waals surface area contributed by atoms with Gasteiger partial charge in [-0.05, 0) is 30.5 Å². The number of hydrogen-bond donors (Lipinski definition) is 0. The molecule has 1 aromatic carbocycles. The molecule has 1 aromatic rings. The molecule has 18 heavy (non-hydrogen) atoms. The van der Waals surface area contributed by atoms with E-state index in [1.807, 2.05) is 29.2 Å². The number of likely N-dealkylation sites (tertiary alicyclic amines) is 1. The number of rotatable bonds is 3. The first-order valence-electron chi connectivity index (χ1n) is 6.24. The second-order valence-corrected chi connectivity index (χ2v) is 5.20. The van der Waals surface area contributed by atoms with Crippen molar-refractivity contribution in [2.75, 3.05) is 20.2 Å². The number of amides is 1. The van der Waals surface area contributed by atoms with Crippen LogP contribution in [-0.4, -0.2) is 36.4 Å². The molecular weight excluding hydrogens is 250 g/mol.